The third-order valence-electron chi connectivity index (χ3n) is 5.73. The van der Waals surface area contributed by atoms with E-state index in [9.17, 15) is 18.0 Å². The number of aryl methyl sites for hydroxylation is 1. The summed E-state index contributed by atoms with van der Waals surface area (Å²) in [4.78, 5) is 26.8. The molecule has 178 valence electrons. The number of likely N-dealkylation sites (N-methyl/N-ethyl adjacent to an activating group) is 1. The fourth-order valence-electron chi connectivity index (χ4n) is 3.85. The van der Waals surface area contributed by atoms with Crippen LogP contribution in [0, 0.1) is 6.92 Å². The van der Waals surface area contributed by atoms with Crippen LogP contribution in [-0.2, 0) is 26.0 Å². The molecule has 0 spiro atoms. The van der Waals surface area contributed by atoms with Gasteiger partial charge < -0.3 is 15.0 Å². The smallest absolute Gasteiger partial charge is 0.243 e. The predicted octanol–water partition coefficient (Wildman–Crippen LogP) is 2.82. The summed E-state index contributed by atoms with van der Waals surface area (Å²) in [5.41, 5.74) is 2.12. The third kappa shape index (κ3) is 6.11. The zero-order chi connectivity index (χ0) is 24.0. The summed E-state index contributed by atoms with van der Waals surface area (Å²) in [6, 6.07) is 11.7. The molecular weight excluding hydrogens is 442 g/mol. The monoisotopic (exact) mass is 473 g/mol. The molecule has 1 aliphatic heterocycles. The Labute approximate surface area is 195 Å². The van der Waals surface area contributed by atoms with Crippen LogP contribution in [0.1, 0.15) is 30.9 Å². The first kappa shape index (κ1) is 24.7. The highest BCUT2D eigenvalue weighted by Crippen LogP contribution is 2.24. The van der Waals surface area contributed by atoms with Gasteiger partial charge in [0, 0.05) is 25.3 Å². The Morgan fingerprint density at radius 1 is 1.09 bits per heavy atom. The Bertz CT molecular complexity index is 1090. The highest BCUT2D eigenvalue weighted by atomic mass is 32.2. The van der Waals surface area contributed by atoms with E-state index in [0.717, 1.165) is 35.8 Å². The SMILES string of the molecule is CCN(CC(=O)Nc1ccc(CC(=O)N2CCCC2)cc1)S(=O)(=O)c1ccc(OC)c(C)c1. The van der Waals surface area contributed by atoms with E-state index in [1.165, 1.54) is 19.2 Å². The summed E-state index contributed by atoms with van der Waals surface area (Å²) < 4.78 is 32.4. The molecule has 1 aliphatic rings. The maximum absolute atomic E-state index is 13.0. The highest BCUT2D eigenvalue weighted by molar-refractivity contribution is 7.89. The molecule has 0 saturated carbocycles. The molecule has 0 unspecified atom stereocenters. The average molecular weight is 474 g/mol. The molecule has 1 saturated heterocycles. The van der Waals surface area contributed by atoms with E-state index in [-0.39, 0.29) is 23.9 Å². The Kier molecular flexibility index (Phi) is 8.10. The molecular formula is C24H31N3O5S. The van der Waals surface area contributed by atoms with Gasteiger partial charge in [0.15, 0.2) is 0 Å². The van der Waals surface area contributed by atoms with Gasteiger partial charge in [0.1, 0.15) is 5.75 Å². The van der Waals surface area contributed by atoms with Gasteiger partial charge in [0.05, 0.1) is 25.0 Å². The van der Waals surface area contributed by atoms with Crippen molar-refractivity contribution in [2.24, 2.45) is 0 Å². The van der Waals surface area contributed by atoms with E-state index < -0.39 is 15.9 Å². The molecule has 2 aromatic carbocycles. The summed E-state index contributed by atoms with van der Waals surface area (Å²) in [6.45, 7) is 4.94. The fraction of sp³-hybridized carbons (Fsp3) is 0.417. The van der Waals surface area contributed by atoms with E-state index in [1.807, 2.05) is 4.90 Å². The number of carbonyl (C=O) groups excluding carboxylic acids is 2. The van der Waals surface area contributed by atoms with Crippen molar-refractivity contribution in [3.05, 3.63) is 53.6 Å². The van der Waals surface area contributed by atoms with Crippen LogP contribution in [-0.4, -0.2) is 62.7 Å². The Balaban J connectivity index is 1.61. The number of sulfonamides is 1. The van der Waals surface area contributed by atoms with Crippen LogP contribution >= 0.6 is 0 Å². The van der Waals surface area contributed by atoms with E-state index in [2.05, 4.69) is 5.32 Å². The normalized spacial score (nSPS) is 13.9. The molecule has 9 heteroatoms. The first-order valence-electron chi connectivity index (χ1n) is 11.1. The lowest BCUT2D eigenvalue weighted by molar-refractivity contribution is -0.129. The summed E-state index contributed by atoms with van der Waals surface area (Å²) in [5.74, 6) is 0.272. The maximum Gasteiger partial charge on any atom is 0.243 e. The van der Waals surface area contributed by atoms with Crippen molar-refractivity contribution in [2.45, 2.75) is 38.0 Å². The molecule has 0 bridgehead atoms. The van der Waals surface area contributed by atoms with Crippen LogP contribution in [0.25, 0.3) is 0 Å². The Morgan fingerprint density at radius 2 is 1.76 bits per heavy atom. The fourth-order valence-corrected chi connectivity index (χ4v) is 5.34. The van der Waals surface area contributed by atoms with Crippen molar-refractivity contribution in [1.29, 1.82) is 0 Å². The van der Waals surface area contributed by atoms with Gasteiger partial charge >= 0.3 is 0 Å². The second-order valence-corrected chi connectivity index (χ2v) is 10.0. The molecule has 0 aromatic heterocycles. The minimum atomic E-state index is -3.84. The third-order valence-corrected chi connectivity index (χ3v) is 7.65. The zero-order valence-corrected chi connectivity index (χ0v) is 20.2. The van der Waals surface area contributed by atoms with Gasteiger partial charge in [-0.2, -0.15) is 4.31 Å². The molecule has 3 rings (SSSR count). The van der Waals surface area contributed by atoms with E-state index in [4.69, 9.17) is 4.74 Å². The second kappa shape index (κ2) is 10.8. The zero-order valence-electron chi connectivity index (χ0n) is 19.3. The van der Waals surface area contributed by atoms with Gasteiger partial charge in [-0.25, -0.2) is 8.42 Å². The molecule has 2 aromatic rings. The van der Waals surface area contributed by atoms with E-state index >= 15 is 0 Å². The van der Waals surface area contributed by atoms with Crippen LogP contribution in [0.2, 0.25) is 0 Å². The van der Waals surface area contributed by atoms with Crippen molar-refractivity contribution in [1.82, 2.24) is 9.21 Å². The number of methoxy groups -OCH3 is 1. The Morgan fingerprint density at radius 3 is 2.33 bits per heavy atom. The first-order valence-corrected chi connectivity index (χ1v) is 12.5. The van der Waals surface area contributed by atoms with E-state index in [0.29, 0.717) is 23.4 Å². The largest absolute Gasteiger partial charge is 0.496 e. The number of rotatable bonds is 9. The van der Waals surface area contributed by atoms with Gasteiger partial charge in [-0.1, -0.05) is 19.1 Å². The minimum Gasteiger partial charge on any atom is -0.496 e. The van der Waals surface area contributed by atoms with Crippen molar-refractivity contribution in [3.8, 4) is 5.75 Å². The molecule has 0 aliphatic carbocycles. The summed E-state index contributed by atoms with van der Waals surface area (Å²) >= 11 is 0. The number of hydrogen-bond donors (Lipinski definition) is 1. The van der Waals surface area contributed by atoms with Crippen LogP contribution in [0.3, 0.4) is 0 Å². The topological polar surface area (TPSA) is 96.0 Å². The van der Waals surface area contributed by atoms with Crippen molar-refractivity contribution in [2.75, 3.05) is 38.6 Å². The van der Waals surface area contributed by atoms with Gasteiger partial charge in [-0.15, -0.1) is 0 Å². The van der Waals surface area contributed by atoms with Crippen LogP contribution in [0.15, 0.2) is 47.4 Å². The quantitative estimate of drug-likeness (QED) is 0.604. The number of amides is 2. The van der Waals surface area contributed by atoms with Gasteiger partial charge in [-0.05, 0) is 61.2 Å². The number of ether oxygens (including phenoxy) is 1. The lowest BCUT2D eigenvalue weighted by Gasteiger charge is -2.20. The van der Waals surface area contributed by atoms with E-state index in [1.54, 1.807) is 44.2 Å². The van der Waals surface area contributed by atoms with Crippen LogP contribution in [0.4, 0.5) is 5.69 Å². The number of hydrogen-bond acceptors (Lipinski definition) is 5. The molecule has 2 amide bonds. The highest BCUT2D eigenvalue weighted by Gasteiger charge is 2.26. The lowest BCUT2D eigenvalue weighted by atomic mass is 10.1. The van der Waals surface area contributed by atoms with Crippen LogP contribution in [0.5, 0.6) is 5.75 Å². The number of nitrogens with zero attached hydrogens (tertiary/aromatic N) is 2. The molecule has 8 nitrogen and oxygen atoms in total. The van der Waals surface area contributed by atoms with Gasteiger partial charge in [-0.3, -0.25) is 9.59 Å². The maximum atomic E-state index is 13.0. The van der Waals surface area contributed by atoms with Gasteiger partial charge in [0.25, 0.3) is 0 Å². The molecule has 0 radical (unpaired) electrons. The Hall–Kier alpha value is -2.91. The van der Waals surface area contributed by atoms with Crippen LogP contribution < -0.4 is 10.1 Å². The molecule has 1 N–H and O–H groups in total. The number of nitrogens with one attached hydrogen (secondary N) is 1. The predicted molar refractivity (Wildman–Crippen MR) is 127 cm³/mol. The number of likely N-dealkylation sites (tertiary alicyclic amines) is 1. The van der Waals surface area contributed by atoms with Gasteiger partial charge in [0.2, 0.25) is 21.8 Å². The summed E-state index contributed by atoms with van der Waals surface area (Å²) in [7, 11) is -2.31. The van der Waals surface area contributed by atoms with Crippen molar-refractivity contribution in [3.63, 3.8) is 0 Å². The first-order chi connectivity index (χ1) is 15.7. The van der Waals surface area contributed by atoms with Crippen molar-refractivity contribution >= 4 is 27.5 Å². The lowest BCUT2D eigenvalue weighted by Crippen LogP contribution is -2.37. The average Bonchev–Trinajstić information content (AvgIpc) is 3.34. The molecule has 33 heavy (non-hydrogen) atoms. The standard InChI is InChI=1S/C24H31N3O5S/c1-4-27(33(30,31)21-11-12-22(32-3)18(2)15-21)17-23(28)25-20-9-7-19(8-10-20)16-24(29)26-13-5-6-14-26/h7-12,15H,4-6,13-14,16-17H2,1-3H3,(H,25,28). The second-order valence-electron chi connectivity index (χ2n) is 8.07. The summed E-state index contributed by atoms with van der Waals surface area (Å²) in [6.07, 6.45) is 2.44. The molecule has 1 fully saturated rings. The number of benzene rings is 2. The number of carbonyl (C=O) groups is 2. The minimum absolute atomic E-state index is 0.113. The molecule has 0 atom stereocenters. The number of anilines is 1. The van der Waals surface area contributed by atoms with Crippen molar-refractivity contribution < 1.29 is 22.7 Å². The molecule has 1 heterocycles. The summed E-state index contributed by atoms with van der Waals surface area (Å²) in [5, 5.41) is 2.74.